The summed E-state index contributed by atoms with van der Waals surface area (Å²) in [5.74, 6) is 2.13. The van der Waals surface area contributed by atoms with E-state index in [1.165, 1.54) is 6.92 Å². The largest absolute Gasteiger partial charge is 0.489 e. The van der Waals surface area contributed by atoms with E-state index in [1.807, 2.05) is 31.2 Å². The van der Waals surface area contributed by atoms with E-state index in [4.69, 9.17) is 21.1 Å². The van der Waals surface area contributed by atoms with Gasteiger partial charge in [-0.3, -0.25) is 4.79 Å². The van der Waals surface area contributed by atoms with Crippen molar-refractivity contribution in [3.8, 4) is 5.75 Å². The highest BCUT2D eigenvalue weighted by Crippen LogP contribution is 2.32. The van der Waals surface area contributed by atoms with Gasteiger partial charge in [0.25, 0.3) is 0 Å². The molecule has 2 saturated heterocycles. The van der Waals surface area contributed by atoms with Gasteiger partial charge in [0.05, 0.1) is 18.7 Å². The van der Waals surface area contributed by atoms with Crippen molar-refractivity contribution in [2.45, 2.75) is 51.4 Å². The van der Waals surface area contributed by atoms with Crippen molar-refractivity contribution in [1.29, 1.82) is 0 Å². The van der Waals surface area contributed by atoms with E-state index in [9.17, 15) is 4.79 Å². The van der Waals surface area contributed by atoms with Gasteiger partial charge in [-0.05, 0) is 37.5 Å². The number of ether oxygens (including phenoxy) is 2. The molecule has 2 N–H and O–H groups in total. The van der Waals surface area contributed by atoms with E-state index >= 15 is 0 Å². The highest BCUT2D eigenvalue weighted by molar-refractivity contribution is 6.35. The van der Waals surface area contributed by atoms with Crippen LogP contribution < -0.4 is 20.3 Å². The smallest absolute Gasteiger partial charge is 0.217 e. The molecule has 1 aromatic carbocycles. The fourth-order valence-electron chi connectivity index (χ4n) is 4.15. The van der Waals surface area contributed by atoms with Crippen LogP contribution >= 0.6 is 11.6 Å². The summed E-state index contributed by atoms with van der Waals surface area (Å²) in [4.78, 5) is 22.1. The van der Waals surface area contributed by atoms with Gasteiger partial charge in [0, 0.05) is 33.0 Å². The number of nitrogens with one attached hydrogen (secondary N) is 2. The van der Waals surface area contributed by atoms with Gasteiger partial charge in [0.15, 0.2) is 11.6 Å². The monoisotopic (exact) mass is 459 g/mol. The Balaban J connectivity index is 1.33. The molecule has 2 aliphatic heterocycles. The molecule has 9 heteroatoms. The summed E-state index contributed by atoms with van der Waals surface area (Å²) in [6.45, 7) is 6.50. The number of halogens is 1. The average molecular weight is 460 g/mol. The van der Waals surface area contributed by atoms with E-state index in [0.717, 1.165) is 49.5 Å². The van der Waals surface area contributed by atoms with Gasteiger partial charge in [0.2, 0.25) is 5.91 Å². The lowest BCUT2D eigenvalue weighted by Crippen LogP contribution is -2.26. The molecule has 172 valence electrons. The lowest BCUT2D eigenvalue weighted by atomic mass is 10.1. The van der Waals surface area contributed by atoms with E-state index in [-0.39, 0.29) is 24.2 Å². The van der Waals surface area contributed by atoms with Crippen LogP contribution in [0, 0.1) is 0 Å². The third-order valence-electron chi connectivity index (χ3n) is 5.84. The topological polar surface area (TPSA) is 88.6 Å². The number of amides is 1. The summed E-state index contributed by atoms with van der Waals surface area (Å²) < 4.78 is 11.8. The molecule has 1 unspecified atom stereocenters. The summed E-state index contributed by atoms with van der Waals surface area (Å²) in [7, 11) is 0. The van der Waals surface area contributed by atoms with Crippen LogP contribution in [0.4, 0.5) is 11.6 Å². The van der Waals surface area contributed by atoms with E-state index in [1.54, 1.807) is 6.33 Å². The fraction of sp³-hybridized carbons (Fsp3) is 0.522. The molecular formula is C23H30ClN5O3. The van der Waals surface area contributed by atoms with Crippen molar-refractivity contribution in [2.24, 2.45) is 0 Å². The zero-order chi connectivity index (χ0) is 22.5. The number of benzene rings is 1. The number of hydrogen-bond donors (Lipinski definition) is 2. The van der Waals surface area contributed by atoms with Gasteiger partial charge in [-0.1, -0.05) is 23.7 Å². The maximum atomic E-state index is 11.2. The second kappa shape index (κ2) is 10.4. The average Bonchev–Trinajstić information content (AvgIpc) is 3.45. The van der Waals surface area contributed by atoms with Gasteiger partial charge < -0.3 is 25.0 Å². The predicted octanol–water partition coefficient (Wildman–Crippen LogP) is 3.58. The lowest BCUT2D eigenvalue weighted by molar-refractivity contribution is -0.119. The number of nitrogens with zero attached hydrogens (tertiary/aromatic N) is 3. The van der Waals surface area contributed by atoms with Crippen LogP contribution in [-0.2, 0) is 9.53 Å². The van der Waals surface area contributed by atoms with Crippen LogP contribution in [0.15, 0.2) is 30.6 Å². The number of hydrogen-bond acceptors (Lipinski definition) is 7. The second-order valence-corrected chi connectivity index (χ2v) is 8.72. The van der Waals surface area contributed by atoms with Gasteiger partial charge in [-0.25, -0.2) is 9.97 Å². The van der Waals surface area contributed by atoms with Crippen molar-refractivity contribution in [1.82, 2.24) is 15.3 Å². The molecule has 2 fully saturated rings. The zero-order valence-electron chi connectivity index (χ0n) is 18.5. The number of rotatable bonds is 8. The molecule has 1 aromatic heterocycles. The molecule has 0 radical (unpaired) electrons. The van der Waals surface area contributed by atoms with Crippen LogP contribution in [-0.4, -0.2) is 54.3 Å². The molecule has 8 nitrogen and oxygen atoms in total. The Kier molecular flexibility index (Phi) is 7.32. The van der Waals surface area contributed by atoms with Gasteiger partial charge >= 0.3 is 0 Å². The number of carbonyl (C=O) groups is 1. The predicted molar refractivity (Wildman–Crippen MR) is 124 cm³/mol. The normalized spacial score (nSPS) is 21.4. The van der Waals surface area contributed by atoms with Crippen molar-refractivity contribution in [2.75, 3.05) is 36.5 Å². The Hall–Kier alpha value is -2.58. The Labute approximate surface area is 193 Å². The van der Waals surface area contributed by atoms with Gasteiger partial charge in [0.1, 0.15) is 23.2 Å². The van der Waals surface area contributed by atoms with Crippen LogP contribution in [0.2, 0.25) is 5.02 Å². The molecule has 2 aliphatic rings. The molecular weight excluding hydrogens is 430 g/mol. The van der Waals surface area contributed by atoms with Crippen molar-refractivity contribution >= 4 is 29.1 Å². The van der Waals surface area contributed by atoms with E-state index in [0.29, 0.717) is 23.9 Å². The summed E-state index contributed by atoms with van der Waals surface area (Å²) in [6.07, 6.45) is 4.83. The molecule has 1 amide bonds. The molecule has 0 saturated carbocycles. The van der Waals surface area contributed by atoms with Crippen LogP contribution in [0.25, 0.3) is 0 Å². The van der Waals surface area contributed by atoms with Gasteiger partial charge in [-0.2, -0.15) is 0 Å². The summed E-state index contributed by atoms with van der Waals surface area (Å²) in [5.41, 5.74) is 1.04. The minimum absolute atomic E-state index is 0.0357. The first kappa shape index (κ1) is 22.6. The molecule has 0 spiro atoms. The minimum Gasteiger partial charge on any atom is -0.489 e. The standard InChI is InChI=1S/C23H30ClN5O3/c1-15(28-16(2)30)17-5-7-18(8-6-17)32-20-9-10-29(13-20)23-21(24)22(26-14-27-23)25-12-19-4-3-11-31-19/h5-8,14-15,19-20H,3-4,9-13H2,1-2H3,(H,28,30)(H,25,26,27)/t15-,19?,20+/m0/s1. The highest BCUT2D eigenvalue weighted by atomic mass is 35.5. The third kappa shape index (κ3) is 5.61. The first-order valence-electron chi connectivity index (χ1n) is 11.1. The number of carbonyl (C=O) groups excluding carboxylic acids is 1. The zero-order valence-corrected chi connectivity index (χ0v) is 19.3. The molecule has 2 aromatic rings. The molecule has 4 rings (SSSR count). The van der Waals surface area contributed by atoms with Crippen LogP contribution in [0.1, 0.15) is 44.7 Å². The highest BCUT2D eigenvalue weighted by Gasteiger charge is 2.28. The lowest BCUT2D eigenvalue weighted by Gasteiger charge is -2.21. The van der Waals surface area contributed by atoms with Crippen molar-refractivity contribution in [3.63, 3.8) is 0 Å². The molecule has 32 heavy (non-hydrogen) atoms. The summed E-state index contributed by atoms with van der Waals surface area (Å²) in [6, 6.07) is 7.82. The molecule has 3 atom stereocenters. The number of anilines is 2. The SMILES string of the molecule is CC(=O)N[C@@H](C)c1ccc(O[C@@H]2CCN(c3ncnc(NCC4CCCO4)c3Cl)C2)cc1. The molecule has 0 bridgehead atoms. The second-order valence-electron chi connectivity index (χ2n) is 8.34. The number of aromatic nitrogens is 2. The van der Waals surface area contributed by atoms with Crippen LogP contribution in [0.5, 0.6) is 5.75 Å². The Morgan fingerprint density at radius 3 is 2.84 bits per heavy atom. The quantitative estimate of drug-likeness (QED) is 0.623. The fourth-order valence-corrected chi connectivity index (χ4v) is 4.44. The van der Waals surface area contributed by atoms with Crippen LogP contribution in [0.3, 0.4) is 0 Å². The Morgan fingerprint density at radius 1 is 1.31 bits per heavy atom. The first-order valence-corrected chi connectivity index (χ1v) is 11.5. The maximum absolute atomic E-state index is 11.2. The minimum atomic E-state index is -0.0440. The molecule has 3 heterocycles. The van der Waals surface area contributed by atoms with E-state index in [2.05, 4.69) is 25.5 Å². The Bertz CT molecular complexity index is 920. The maximum Gasteiger partial charge on any atom is 0.217 e. The third-order valence-corrected chi connectivity index (χ3v) is 6.19. The summed E-state index contributed by atoms with van der Waals surface area (Å²) >= 11 is 6.62. The van der Waals surface area contributed by atoms with Crippen molar-refractivity contribution in [3.05, 3.63) is 41.2 Å². The van der Waals surface area contributed by atoms with E-state index < -0.39 is 0 Å². The Morgan fingerprint density at radius 2 is 2.12 bits per heavy atom. The summed E-state index contributed by atoms with van der Waals surface area (Å²) in [5, 5.41) is 6.72. The van der Waals surface area contributed by atoms with Crippen molar-refractivity contribution < 1.29 is 14.3 Å². The first-order chi connectivity index (χ1) is 15.5. The molecule has 0 aliphatic carbocycles. The van der Waals surface area contributed by atoms with Gasteiger partial charge in [-0.15, -0.1) is 0 Å².